The second-order valence-electron chi connectivity index (χ2n) is 7.48. The molecule has 0 amide bonds. The molecule has 3 N–H and O–H groups in total. The van der Waals surface area contributed by atoms with Gasteiger partial charge in [-0.15, -0.1) is 0 Å². The summed E-state index contributed by atoms with van der Waals surface area (Å²) in [5.41, 5.74) is 3.00. The van der Waals surface area contributed by atoms with Crippen LogP contribution in [0.2, 0.25) is 6.32 Å². The van der Waals surface area contributed by atoms with Crippen LogP contribution in [0.3, 0.4) is 0 Å². The average molecular weight is 406 g/mol. The molecule has 2 atom stereocenters. The quantitative estimate of drug-likeness (QED) is 0.474. The summed E-state index contributed by atoms with van der Waals surface area (Å²) in [6.45, 7) is 1.77. The lowest BCUT2D eigenvalue weighted by Gasteiger charge is -2.32. The summed E-state index contributed by atoms with van der Waals surface area (Å²) in [4.78, 5) is 0. The fourth-order valence-corrected chi connectivity index (χ4v) is 6.26. The summed E-state index contributed by atoms with van der Waals surface area (Å²) in [5, 5.41) is 28.9. The molecule has 8 heteroatoms. The molecule has 2 aliphatic rings. The minimum Gasteiger partial charge on any atom is -0.507 e. The molecule has 0 bridgehead atoms. The van der Waals surface area contributed by atoms with Crippen molar-refractivity contribution in [3.63, 3.8) is 0 Å². The number of aliphatic hydroxyl groups is 1. The highest BCUT2D eigenvalue weighted by atomic mass is 32.2. The third kappa shape index (κ3) is 4.51. The molecule has 6 nitrogen and oxygen atoms in total. The van der Waals surface area contributed by atoms with Gasteiger partial charge in [0.2, 0.25) is 0 Å². The molecule has 0 aliphatic carbocycles. The largest absolute Gasteiger partial charge is 0.507 e. The van der Waals surface area contributed by atoms with Crippen molar-refractivity contribution in [2.45, 2.75) is 50.3 Å². The normalized spacial score (nSPS) is 24.5. The standard InChI is InChI=1S/C20H27BO6S/c1-2-5-14(10-15-6-3-4-7-17(15)23)8-9-18-20-16(12-22)13-28(25,26)19(20)11-21(24)27-18/h3-4,6-7,10,18-19,22-24H,2,5,8-9,11-13H2,1H3/b14-10+/t18-,19+/m1/s1. The summed E-state index contributed by atoms with van der Waals surface area (Å²) < 4.78 is 30.5. The van der Waals surface area contributed by atoms with E-state index >= 15 is 0 Å². The Hall–Kier alpha value is -1.61. The van der Waals surface area contributed by atoms with E-state index in [0.29, 0.717) is 24.0 Å². The van der Waals surface area contributed by atoms with E-state index in [1.807, 2.05) is 18.2 Å². The SMILES string of the molecule is CCC/C(=C\c1ccccc1O)CC[C@H]1OB(O)C[C@H]2C1=C(CO)CS2(=O)=O. The Kier molecular flexibility index (Phi) is 6.65. The average Bonchev–Trinajstić information content (AvgIpc) is 2.92. The van der Waals surface area contributed by atoms with Gasteiger partial charge in [0.25, 0.3) is 0 Å². The fraction of sp³-hybridized carbons (Fsp3) is 0.500. The Morgan fingerprint density at radius 3 is 2.75 bits per heavy atom. The number of aromatic hydroxyl groups is 1. The highest BCUT2D eigenvalue weighted by Gasteiger charge is 2.48. The first kappa shape index (κ1) is 21.1. The van der Waals surface area contributed by atoms with Crippen LogP contribution in [0.15, 0.2) is 41.0 Å². The summed E-state index contributed by atoms with van der Waals surface area (Å²) in [7, 11) is -4.52. The van der Waals surface area contributed by atoms with Crippen LogP contribution in [0.1, 0.15) is 38.2 Å². The smallest absolute Gasteiger partial charge is 0.456 e. The molecule has 1 fully saturated rings. The van der Waals surface area contributed by atoms with Crippen molar-refractivity contribution in [2.24, 2.45) is 0 Å². The minimum absolute atomic E-state index is 0.0210. The molecule has 1 aromatic carbocycles. The molecule has 0 radical (unpaired) electrons. The first-order chi connectivity index (χ1) is 13.4. The van der Waals surface area contributed by atoms with Crippen molar-refractivity contribution in [3.05, 3.63) is 46.5 Å². The number of sulfone groups is 1. The number of para-hydroxylation sites is 1. The predicted molar refractivity (Wildman–Crippen MR) is 110 cm³/mol. The van der Waals surface area contributed by atoms with Crippen LogP contribution >= 0.6 is 0 Å². The van der Waals surface area contributed by atoms with Gasteiger partial charge in [-0.3, -0.25) is 0 Å². The van der Waals surface area contributed by atoms with Gasteiger partial charge >= 0.3 is 7.12 Å². The molecule has 0 saturated carbocycles. The number of phenols is 1. The van der Waals surface area contributed by atoms with E-state index in [1.165, 1.54) is 0 Å². The van der Waals surface area contributed by atoms with Crippen molar-refractivity contribution in [3.8, 4) is 5.75 Å². The molecule has 152 valence electrons. The number of benzene rings is 1. The van der Waals surface area contributed by atoms with Crippen LogP contribution in [0.4, 0.5) is 0 Å². The van der Waals surface area contributed by atoms with Crippen molar-refractivity contribution in [1.82, 2.24) is 0 Å². The van der Waals surface area contributed by atoms with Crippen LogP contribution in [0.25, 0.3) is 6.08 Å². The molecule has 1 aromatic rings. The second-order valence-corrected chi connectivity index (χ2v) is 9.66. The zero-order valence-electron chi connectivity index (χ0n) is 16.0. The van der Waals surface area contributed by atoms with Crippen LogP contribution < -0.4 is 0 Å². The highest BCUT2D eigenvalue weighted by molar-refractivity contribution is 7.92. The Labute approximate surface area is 166 Å². The Morgan fingerprint density at radius 1 is 1.32 bits per heavy atom. The molecule has 2 heterocycles. The number of phenolic OH excluding ortho intramolecular Hbond substituents is 1. The third-order valence-corrected chi connectivity index (χ3v) is 7.50. The van der Waals surface area contributed by atoms with Crippen LogP contribution in [0, 0.1) is 0 Å². The maximum absolute atomic E-state index is 12.4. The lowest BCUT2D eigenvalue weighted by atomic mass is 9.74. The molecule has 1 saturated heterocycles. The topological polar surface area (TPSA) is 104 Å². The first-order valence-electron chi connectivity index (χ1n) is 9.71. The van der Waals surface area contributed by atoms with Crippen molar-refractivity contribution in [2.75, 3.05) is 12.4 Å². The Bertz CT molecular complexity index is 876. The lowest BCUT2D eigenvalue weighted by Crippen LogP contribution is -2.42. The van der Waals surface area contributed by atoms with Crippen LogP contribution in [0.5, 0.6) is 5.75 Å². The molecular formula is C20H27BO6S. The maximum atomic E-state index is 12.4. The number of allylic oxidation sites excluding steroid dienone is 1. The molecule has 0 unspecified atom stereocenters. The molecule has 2 aliphatic heterocycles. The van der Waals surface area contributed by atoms with Gasteiger partial charge in [0.1, 0.15) is 5.75 Å². The van der Waals surface area contributed by atoms with Gasteiger partial charge in [-0.1, -0.05) is 43.2 Å². The van der Waals surface area contributed by atoms with E-state index in [9.17, 15) is 23.7 Å². The van der Waals surface area contributed by atoms with Gasteiger partial charge in [0.05, 0.1) is 23.7 Å². The molecule has 0 aromatic heterocycles. The van der Waals surface area contributed by atoms with Gasteiger partial charge in [-0.05, 0) is 36.5 Å². The van der Waals surface area contributed by atoms with Gasteiger partial charge in [-0.25, -0.2) is 8.42 Å². The van der Waals surface area contributed by atoms with E-state index < -0.39 is 28.3 Å². The summed E-state index contributed by atoms with van der Waals surface area (Å²) in [5.74, 6) is 0.0543. The number of aliphatic hydroxyl groups excluding tert-OH is 1. The summed E-state index contributed by atoms with van der Waals surface area (Å²) in [6.07, 6.45) is 4.40. The Balaban J connectivity index is 1.81. The number of fused-ring (bicyclic) bond motifs is 1. The van der Waals surface area contributed by atoms with Gasteiger partial charge in [-0.2, -0.15) is 0 Å². The monoisotopic (exact) mass is 406 g/mol. The minimum atomic E-state index is -3.40. The number of hydrogen-bond donors (Lipinski definition) is 3. The van der Waals surface area contributed by atoms with Crippen LogP contribution in [-0.4, -0.2) is 54.5 Å². The van der Waals surface area contributed by atoms with Gasteiger partial charge in [0, 0.05) is 11.9 Å². The van der Waals surface area contributed by atoms with Gasteiger partial charge in [0.15, 0.2) is 9.84 Å². The lowest BCUT2D eigenvalue weighted by molar-refractivity contribution is 0.168. The molecule has 0 spiro atoms. The zero-order chi connectivity index (χ0) is 20.3. The van der Waals surface area contributed by atoms with E-state index in [2.05, 4.69) is 6.92 Å². The first-order valence-corrected chi connectivity index (χ1v) is 11.4. The van der Waals surface area contributed by atoms with E-state index in [-0.39, 0.29) is 24.4 Å². The van der Waals surface area contributed by atoms with Gasteiger partial charge < -0.3 is 19.9 Å². The van der Waals surface area contributed by atoms with Crippen molar-refractivity contribution >= 4 is 23.0 Å². The Morgan fingerprint density at radius 2 is 2.07 bits per heavy atom. The second kappa shape index (κ2) is 8.82. The summed E-state index contributed by atoms with van der Waals surface area (Å²) >= 11 is 0. The fourth-order valence-electron chi connectivity index (χ4n) is 4.16. The number of hydrogen-bond acceptors (Lipinski definition) is 6. The van der Waals surface area contributed by atoms with E-state index in [4.69, 9.17) is 4.65 Å². The predicted octanol–water partition coefficient (Wildman–Crippen LogP) is 2.32. The van der Waals surface area contributed by atoms with Crippen molar-refractivity contribution < 1.29 is 28.3 Å². The molecule has 3 rings (SSSR count). The molecule has 28 heavy (non-hydrogen) atoms. The zero-order valence-corrected chi connectivity index (χ0v) is 16.9. The van der Waals surface area contributed by atoms with E-state index in [1.54, 1.807) is 12.1 Å². The van der Waals surface area contributed by atoms with E-state index in [0.717, 1.165) is 24.0 Å². The van der Waals surface area contributed by atoms with Crippen LogP contribution in [-0.2, 0) is 14.5 Å². The number of rotatable bonds is 7. The maximum Gasteiger partial charge on any atom is 0.456 e. The van der Waals surface area contributed by atoms with Crippen molar-refractivity contribution in [1.29, 1.82) is 0 Å². The third-order valence-electron chi connectivity index (χ3n) is 5.43. The highest BCUT2D eigenvalue weighted by Crippen LogP contribution is 2.39. The summed E-state index contributed by atoms with van der Waals surface area (Å²) in [6, 6.07) is 7.12. The molecular weight excluding hydrogens is 379 g/mol.